The van der Waals surface area contributed by atoms with Crippen LogP contribution in [0.4, 0.5) is 0 Å². The zero-order chi connectivity index (χ0) is 30.9. The van der Waals surface area contributed by atoms with E-state index in [1.165, 1.54) is 76.5 Å². The molecule has 1 heteroatoms. The fraction of sp³-hybridized carbons (Fsp3) is 0. The van der Waals surface area contributed by atoms with Crippen molar-refractivity contribution in [1.82, 2.24) is 0 Å². The molecule has 218 valence electrons. The number of benzene rings is 9. The molecule has 0 atom stereocenters. The van der Waals surface area contributed by atoms with Gasteiger partial charge < -0.3 is 4.42 Å². The van der Waals surface area contributed by atoms with E-state index in [4.69, 9.17) is 4.42 Å². The van der Waals surface area contributed by atoms with E-state index >= 15 is 0 Å². The Balaban J connectivity index is 1.27. The molecule has 9 aromatic carbocycles. The summed E-state index contributed by atoms with van der Waals surface area (Å²) in [4.78, 5) is 0. The number of hydrogen-bond acceptors (Lipinski definition) is 1. The molecule has 10 aromatic rings. The minimum absolute atomic E-state index is 0.922. The van der Waals surface area contributed by atoms with Crippen LogP contribution in [-0.4, -0.2) is 0 Å². The SMILES string of the molecule is c1ccc(-c2cccc(-c3ccc4cc(-c5c6ccccc6c(-c6ccccc6)c6ccccc56)c5cccc6oc3c4c65)c2)cc1. The molecule has 0 radical (unpaired) electrons. The molecule has 1 aromatic heterocycles. The number of fused-ring (bicyclic) bond motifs is 2. The highest BCUT2D eigenvalue weighted by molar-refractivity contribution is 6.30. The highest BCUT2D eigenvalue weighted by atomic mass is 16.3. The lowest BCUT2D eigenvalue weighted by atomic mass is 9.83. The third kappa shape index (κ3) is 3.90. The molecule has 0 aliphatic rings. The minimum atomic E-state index is 0.922. The van der Waals surface area contributed by atoms with Crippen molar-refractivity contribution in [3.05, 3.63) is 170 Å². The summed E-state index contributed by atoms with van der Waals surface area (Å²) in [5.74, 6) is 0. The van der Waals surface area contributed by atoms with Gasteiger partial charge in [0.2, 0.25) is 0 Å². The third-order valence-electron chi connectivity index (χ3n) is 9.81. The maximum atomic E-state index is 6.79. The summed E-state index contributed by atoms with van der Waals surface area (Å²) in [6.45, 7) is 0. The van der Waals surface area contributed by atoms with Crippen molar-refractivity contribution in [2.24, 2.45) is 0 Å². The van der Waals surface area contributed by atoms with Crippen molar-refractivity contribution < 1.29 is 4.42 Å². The number of furan rings is 1. The molecule has 10 rings (SSSR count). The summed E-state index contributed by atoms with van der Waals surface area (Å²) in [6.07, 6.45) is 0. The first-order valence-corrected chi connectivity index (χ1v) is 16.2. The van der Waals surface area contributed by atoms with Crippen LogP contribution >= 0.6 is 0 Å². The van der Waals surface area contributed by atoms with E-state index in [1.807, 2.05) is 0 Å². The summed E-state index contributed by atoms with van der Waals surface area (Å²) in [6, 6.07) is 61.3. The molecule has 0 aliphatic heterocycles. The van der Waals surface area contributed by atoms with Crippen molar-refractivity contribution in [3.8, 4) is 44.5 Å². The number of hydrogen-bond donors (Lipinski definition) is 0. The summed E-state index contributed by atoms with van der Waals surface area (Å²) in [7, 11) is 0. The molecule has 0 fully saturated rings. The molecule has 1 heterocycles. The van der Waals surface area contributed by atoms with Crippen LogP contribution in [0, 0.1) is 0 Å². The maximum Gasteiger partial charge on any atom is 0.143 e. The quantitative estimate of drug-likeness (QED) is 0.145. The monoisotopic (exact) mass is 596 g/mol. The zero-order valence-electron chi connectivity index (χ0n) is 25.6. The lowest BCUT2D eigenvalue weighted by molar-refractivity contribution is 0.670. The van der Waals surface area contributed by atoms with Gasteiger partial charge >= 0.3 is 0 Å². The molecule has 1 nitrogen and oxygen atoms in total. The molecule has 47 heavy (non-hydrogen) atoms. The zero-order valence-corrected chi connectivity index (χ0v) is 25.6. The Labute approximate surface area is 272 Å². The molecule has 0 saturated carbocycles. The Kier molecular flexibility index (Phi) is 5.64. The topological polar surface area (TPSA) is 13.1 Å². The van der Waals surface area contributed by atoms with E-state index < -0.39 is 0 Å². The van der Waals surface area contributed by atoms with Gasteiger partial charge in [0.05, 0.1) is 0 Å². The Hall–Kier alpha value is -6.18. The van der Waals surface area contributed by atoms with E-state index in [-0.39, 0.29) is 0 Å². The Morgan fingerprint density at radius 2 is 0.872 bits per heavy atom. The van der Waals surface area contributed by atoms with Gasteiger partial charge in [0.1, 0.15) is 11.2 Å². The van der Waals surface area contributed by atoms with Gasteiger partial charge in [-0.25, -0.2) is 0 Å². The Morgan fingerprint density at radius 1 is 0.319 bits per heavy atom. The normalized spacial score (nSPS) is 11.8. The van der Waals surface area contributed by atoms with Crippen molar-refractivity contribution in [2.45, 2.75) is 0 Å². The van der Waals surface area contributed by atoms with E-state index in [0.717, 1.165) is 22.3 Å². The molecule has 0 unspecified atom stereocenters. The van der Waals surface area contributed by atoms with E-state index in [2.05, 4.69) is 170 Å². The molecule has 0 aliphatic carbocycles. The molecule has 0 saturated heterocycles. The van der Waals surface area contributed by atoms with Gasteiger partial charge in [0.15, 0.2) is 0 Å². The average molecular weight is 597 g/mol. The first-order valence-electron chi connectivity index (χ1n) is 16.2. The van der Waals surface area contributed by atoms with E-state index in [0.29, 0.717) is 0 Å². The predicted molar refractivity (Wildman–Crippen MR) is 199 cm³/mol. The summed E-state index contributed by atoms with van der Waals surface area (Å²) >= 11 is 0. The summed E-state index contributed by atoms with van der Waals surface area (Å²) in [5, 5.41) is 9.82. The fourth-order valence-electron chi connectivity index (χ4n) is 7.79. The molecule has 0 N–H and O–H groups in total. The van der Waals surface area contributed by atoms with Gasteiger partial charge in [0, 0.05) is 16.3 Å². The van der Waals surface area contributed by atoms with Crippen LogP contribution < -0.4 is 0 Å². The Morgan fingerprint density at radius 3 is 1.57 bits per heavy atom. The highest BCUT2D eigenvalue weighted by Crippen LogP contribution is 2.49. The lowest BCUT2D eigenvalue weighted by Gasteiger charge is -2.19. The van der Waals surface area contributed by atoms with Crippen molar-refractivity contribution in [1.29, 1.82) is 0 Å². The van der Waals surface area contributed by atoms with Crippen LogP contribution in [0.15, 0.2) is 174 Å². The molecule has 0 bridgehead atoms. The van der Waals surface area contributed by atoms with Crippen LogP contribution in [0.25, 0.3) is 98.8 Å². The summed E-state index contributed by atoms with van der Waals surface area (Å²) < 4.78 is 6.79. The van der Waals surface area contributed by atoms with Crippen molar-refractivity contribution >= 4 is 54.3 Å². The Bertz CT molecular complexity index is 2710. The average Bonchev–Trinajstić information content (AvgIpc) is 3.54. The minimum Gasteiger partial charge on any atom is -0.455 e. The van der Waals surface area contributed by atoms with Gasteiger partial charge in [-0.15, -0.1) is 0 Å². The van der Waals surface area contributed by atoms with Gasteiger partial charge in [-0.2, -0.15) is 0 Å². The first-order chi connectivity index (χ1) is 23.3. The molecular weight excluding hydrogens is 569 g/mol. The van der Waals surface area contributed by atoms with Crippen LogP contribution in [0.1, 0.15) is 0 Å². The first kappa shape index (κ1) is 26.1. The second-order valence-corrected chi connectivity index (χ2v) is 12.4. The molecular formula is C46H28O. The smallest absolute Gasteiger partial charge is 0.143 e. The van der Waals surface area contributed by atoms with Gasteiger partial charge in [-0.3, -0.25) is 0 Å². The fourth-order valence-corrected chi connectivity index (χ4v) is 7.79. The van der Waals surface area contributed by atoms with Crippen molar-refractivity contribution in [3.63, 3.8) is 0 Å². The van der Waals surface area contributed by atoms with Crippen LogP contribution in [0.3, 0.4) is 0 Å². The number of rotatable bonds is 4. The third-order valence-corrected chi connectivity index (χ3v) is 9.81. The lowest BCUT2D eigenvalue weighted by Crippen LogP contribution is -1.92. The maximum absolute atomic E-state index is 6.79. The second-order valence-electron chi connectivity index (χ2n) is 12.4. The van der Waals surface area contributed by atoms with Gasteiger partial charge in [0.25, 0.3) is 0 Å². The van der Waals surface area contributed by atoms with Crippen LogP contribution in [0.2, 0.25) is 0 Å². The second kappa shape index (κ2) is 10.2. The molecule has 0 amide bonds. The molecule has 0 spiro atoms. The summed E-state index contributed by atoms with van der Waals surface area (Å²) in [5.41, 5.74) is 11.6. The van der Waals surface area contributed by atoms with Gasteiger partial charge in [-0.05, 0) is 95.5 Å². The largest absolute Gasteiger partial charge is 0.455 e. The van der Waals surface area contributed by atoms with E-state index in [9.17, 15) is 0 Å². The van der Waals surface area contributed by atoms with Crippen LogP contribution in [-0.2, 0) is 0 Å². The van der Waals surface area contributed by atoms with Crippen molar-refractivity contribution in [2.75, 3.05) is 0 Å². The van der Waals surface area contributed by atoms with E-state index in [1.54, 1.807) is 0 Å². The standard InChI is InChI=1S/C46H28O/c1-3-13-29(14-4-1)31-17-11-18-32(27-31)34-26-25-33-28-40(39-23-12-24-41-45(39)43(33)46(34)47-41)44-37-21-9-7-19-35(37)42(30-15-5-2-6-16-30)36-20-8-10-22-38(36)44/h1-28H. The predicted octanol–water partition coefficient (Wildman–Crippen LogP) is 13.2. The van der Waals surface area contributed by atoms with Crippen LogP contribution in [0.5, 0.6) is 0 Å². The highest BCUT2D eigenvalue weighted by Gasteiger charge is 2.23. The van der Waals surface area contributed by atoms with Gasteiger partial charge in [-0.1, -0.05) is 146 Å².